The fourth-order valence-corrected chi connectivity index (χ4v) is 4.09. The average Bonchev–Trinajstić information content (AvgIpc) is 3.26. The summed E-state index contributed by atoms with van der Waals surface area (Å²) in [5, 5.41) is 7.97. The number of amides is 1. The van der Waals surface area contributed by atoms with E-state index in [2.05, 4.69) is 26.8 Å². The van der Waals surface area contributed by atoms with E-state index in [0.29, 0.717) is 12.3 Å². The number of likely N-dealkylation sites (tertiary alicyclic amines) is 1. The molecule has 8 heteroatoms. The van der Waals surface area contributed by atoms with Crippen molar-refractivity contribution in [2.24, 2.45) is 7.05 Å². The number of fused-ring (bicyclic) bond motifs is 1. The minimum atomic E-state index is -0.0940. The van der Waals surface area contributed by atoms with Gasteiger partial charge < -0.3 is 14.6 Å². The topological polar surface area (TPSA) is 77.2 Å². The standard InChI is InChI=1S/C19H28N6O2/c1-3-25-18-6-8-27-12-15(18)16(22-25)11-24-7-4-5-14(9-24)21-19(26)17-10-23(2)13-20-17/h10,13-14H,3-9,11-12H2,1-2H3,(H,21,26). The molecule has 0 saturated carbocycles. The van der Waals surface area contributed by atoms with Crippen LogP contribution in [0, 0.1) is 0 Å². The van der Waals surface area contributed by atoms with Crippen molar-refractivity contribution in [2.45, 2.75) is 51.9 Å². The minimum absolute atomic E-state index is 0.0940. The molecule has 2 aromatic rings. The number of nitrogens with one attached hydrogen (secondary N) is 1. The van der Waals surface area contributed by atoms with Crippen LogP contribution in [0.2, 0.25) is 0 Å². The van der Waals surface area contributed by atoms with Crippen molar-refractivity contribution in [1.29, 1.82) is 0 Å². The first-order valence-electron chi connectivity index (χ1n) is 9.80. The summed E-state index contributed by atoms with van der Waals surface area (Å²) < 4.78 is 9.58. The van der Waals surface area contributed by atoms with Gasteiger partial charge in [0.05, 0.1) is 25.2 Å². The zero-order chi connectivity index (χ0) is 18.8. The molecule has 4 heterocycles. The second-order valence-corrected chi connectivity index (χ2v) is 7.46. The fraction of sp³-hybridized carbons (Fsp3) is 0.632. The molecular weight excluding hydrogens is 344 g/mol. The zero-order valence-corrected chi connectivity index (χ0v) is 16.1. The average molecular weight is 372 g/mol. The van der Waals surface area contributed by atoms with Gasteiger partial charge in [0, 0.05) is 56.6 Å². The van der Waals surface area contributed by atoms with Crippen molar-refractivity contribution in [1.82, 2.24) is 29.5 Å². The largest absolute Gasteiger partial charge is 0.376 e. The number of carbonyl (C=O) groups excluding carboxylic acids is 1. The van der Waals surface area contributed by atoms with Crippen LogP contribution in [0.1, 0.15) is 47.2 Å². The second-order valence-electron chi connectivity index (χ2n) is 7.46. The Hall–Kier alpha value is -2.19. The number of hydrogen-bond acceptors (Lipinski definition) is 5. The summed E-state index contributed by atoms with van der Waals surface area (Å²) >= 11 is 0. The third-order valence-electron chi connectivity index (χ3n) is 5.43. The Morgan fingerprint density at radius 3 is 3.11 bits per heavy atom. The van der Waals surface area contributed by atoms with Gasteiger partial charge in [-0.2, -0.15) is 5.10 Å². The molecule has 4 rings (SSSR count). The molecule has 2 aliphatic heterocycles. The molecule has 1 N–H and O–H groups in total. The molecule has 0 bridgehead atoms. The Bertz CT molecular complexity index is 811. The number of nitrogens with zero attached hydrogens (tertiary/aromatic N) is 5. The summed E-state index contributed by atoms with van der Waals surface area (Å²) in [6.07, 6.45) is 6.41. The van der Waals surface area contributed by atoms with E-state index in [1.807, 2.05) is 7.05 Å². The summed E-state index contributed by atoms with van der Waals surface area (Å²) in [4.78, 5) is 18.9. The van der Waals surface area contributed by atoms with Crippen LogP contribution in [0.3, 0.4) is 0 Å². The Kier molecular flexibility index (Phi) is 5.27. The number of aryl methyl sites for hydroxylation is 2. The van der Waals surface area contributed by atoms with E-state index in [-0.39, 0.29) is 11.9 Å². The molecule has 1 saturated heterocycles. The lowest BCUT2D eigenvalue weighted by molar-refractivity contribution is 0.0893. The maximum absolute atomic E-state index is 12.4. The van der Waals surface area contributed by atoms with Crippen LogP contribution in [0.4, 0.5) is 0 Å². The number of piperidine rings is 1. The molecule has 0 aliphatic carbocycles. The smallest absolute Gasteiger partial charge is 0.271 e. The molecule has 2 aromatic heterocycles. The Labute approximate surface area is 159 Å². The highest BCUT2D eigenvalue weighted by molar-refractivity contribution is 5.92. The first kappa shape index (κ1) is 18.2. The zero-order valence-electron chi connectivity index (χ0n) is 16.1. The van der Waals surface area contributed by atoms with E-state index in [4.69, 9.17) is 9.84 Å². The van der Waals surface area contributed by atoms with Crippen LogP contribution in [0.25, 0.3) is 0 Å². The first-order chi connectivity index (χ1) is 13.1. The van der Waals surface area contributed by atoms with Crippen molar-refractivity contribution in [3.05, 3.63) is 35.2 Å². The van der Waals surface area contributed by atoms with Crippen LogP contribution in [-0.4, -0.2) is 55.9 Å². The predicted molar refractivity (Wildman–Crippen MR) is 100 cm³/mol. The molecule has 0 spiro atoms. The molecule has 8 nitrogen and oxygen atoms in total. The van der Waals surface area contributed by atoms with Gasteiger partial charge in [0.25, 0.3) is 5.91 Å². The fourth-order valence-electron chi connectivity index (χ4n) is 4.09. The van der Waals surface area contributed by atoms with E-state index in [1.54, 1.807) is 17.1 Å². The Balaban J connectivity index is 1.40. The molecule has 1 atom stereocenters. The number of hydrogen-bond donors (Lipinski definition) is 1. The Morgan fingerprint density at radius 1 is 1.44 bits per heavy atom. The van der Waals surface area contributed by atoms with Crippen LogP contribution >= 0.6 is 0 Å². The number of carbonyl (C=O) groups is 1. The molecule has 0 radical (unpaired) electrons. The lowest BCUT2D eigenvalue weighted by atomic mass is 10.0. The molecule has 1 unspecified atom stereocenters. The summed E-state index contributed by atoms with van der Waals surface area (Å²) in [7, 11) is 1.87. The molecule has 2 aliphatic rings. The van der Waals surface area contributed by atoms with Crippen LogP contribution in [-0.2, 0) is 37.9 Å². The van der Waals surface area contributed by atoms with Gasteiger partial charge in [-0.05, 0) is 26.3 Å². The quantitative estimate of drug-likeness (QED) is 0.851. The van der Waals surface area contributed by atoms with Crippen LogP contribution < -0.4 is 5.32 Å². The molecular formula is C19H28N6O2. The van der Waals surface area contributed by atoms with Gasteiger partial charge in [0.1, 0.15) is 5.69 Å². The van der Waals surface area contributed by atoms with Crippen molar-refractivity contribution < 1.29 is 9.53 Å². The van der Waals surface area contributed by atoms with Gasteiger partial charge in [-0.15, -0.1) is 0 Å². The third kappa shape index (κ3) is 3.91. The molecule has 1 amide bonds. The Morgan fingerprint density at radius 2 is 2.33 bits per heavy atom. The predicted octanol–water partition coefficient (Wildman–Crippen LogP) is 1.10. The maximum atomic E-state index is 12.4. The van der Waals surface area contributed by atoms with E-state index < -0.39 is 0 Å². The molecule has 0 aromatic carbocycles. The highest BCUT2D eigenvalue weighted by Gasteiger charge is 2.26. The van der Waals surface area contributed by atoms with Crippen molar-refractivity contribution >= 4 is 5.91 Å². The first-order valence-corrected chi connectivity index (χ1v) is 9.80. The summed E-state index contributed by atoms with van der Waals surface area (Å²) in [6, 6.07) is 0.147. The normalized spacial score (nSPS) is 20.4. The second kappa shape index (κ2) is 7.82. The van der Waals surface area contributed by atoms with E-state index in [1.165, 1.54) is 11.3 Å². The molecule has 1 fully saturated rings. The van der Waals surface area contributed by atoms with Crippen LogP contribution in [0.15, 0.2) is 12.5 Å². The van der Waals surface area contributed by atoms with Crippen LogP contribution in [0.5, 0.6) is 0 Å². The number of aromatic nitrogens is 4. The lowest BCUT2D eigenvalue weighted by Gasteiger charge is -2.32. The van der Waals surface area contributed by atoms with Gasteiger partial charge >= 0.3 is 0 Å². The summed E-state index contributed by atoms with van der Waals surface area (Å²) in [5.41, 5.74) is 4.20. The summed E-state index contributed by atoms with van der Waals surface area (Å²) in [6.45, 7) is 7.16. The number of ether oxygens (including phenoxy) is 1. The van der Waals surface area contributed by atoms with Gasteiger partial charge in [0.15, 0.2) is 0 Å². The van der Waals surface area contributed by atoms with Gasteiger partial charge in [0.2, 0.25) is 0 Å². The third-order valence-corrected chi connectivity index (χ3v) is 5.43. The van der Waals surface area contributed by atoms with Crippen molar-refractivity contribution in [3.8, 4) is 0 Å². The van der Waals surface area contributed by atoms with Gasteiger partial charge in [-0.3, -0.25) is 14.4 Å². The number of imidazole rings is 1. The maximum Gasteiger partial charge on any atom is 0.271 e. The monoisotopic (exact) mass is 372 g/mol. The van der Waals surface area contributed by atoms with Gasteiger partial charge in [-0.1, -0.05) is 0 Å². The SMILES string of the molecule is CCn1nc(CN2CCCC(NC(=O)c3cn(C)cn3)C2)c2c1CCOC2. The minimum Gasteiger partial charge on any atom is -0.376 e. The highest BCUT2D eigenvalue weighted by Crippen LogP contribution is 2.23. The van der Waals surface area contributed by atoms with Gasteiger partial charge in [-0.25, -0.2) is 4.98 Å². The van der Waals surface area contributed by atoms with E-state index >= 15 is 0 Å². The van der Waals surface area contributed by atoms with Crippen molar-refractivity contribution in [3.63, 3.8) is 0 Å². The summed E-state index contributed by atoms with van der Waals surface area (Å²) in [5.74, 6) is -0.0940. The molecule has 27 heavy (non-hydrogen) atoms. The highest BCUT2D eigenvalue weighted by atomic mass is 16.5. The van der Waals surface area contributed by atoms with E-state index in [0.717, 1.165) is 57.7 Å². The van der Waals surface area contributed by atoms with Crippen molar-refractivity contribution in [2.75, 3.05) is 19.7 Å². The lowest BCUT2D eigenvalue weighted by Crippen LogP contribution is -2.47. The molecule has 146 valence electrons. The number of rotatable bonds is 5. The van der Waals surface area contributed by atoms with E-state index in [9.17, 15) is 4.79 Å².